The number of allylic oxidation sites excluding steroid dienone is 3. The van der Waals surface area contributed by atoms with Gasteiger partial charge in [0.2, 0.25) is 5.60 Å². The smallest absolute Gasteiger partial charge is 0.509 e. The van der Waals surface area contributed by atoms with Gasteiger partial charge in [-0.1, -0.05) is 46.6 Å². The number of carbonyl (C=O) groups is 3. The van der Waals surface area contributed by atoms with Gasteiger partial charge in [-0.15, -0.1) is 0 Å². The molecule has 216 valence electrons. The lowest BCUT2D eigenvalue weighted by Crippen LogP contribution is -2.61. The van der Waals surface area contributed by atoms with Gasteiger partial charge in [-0.25, -0.2) is 9.59 Å². The van der Waals surface area contributed by atoms with Gasteiger partial charge in [0.1, 0.15) is 11.9 Å². The first kappa shape index (κ1) is 28.2. The summed E-state index contributed by atoms with van der Waals surface area (Å²) in [4.78, 5) is 38.7. The Morgan fingerprint density at radius 1 is 1.03 bits per heavy atom. The van der Waals surface area contributed by atoms with E-state index in [1.54, 1.807) is 6.08 Å². The Morgan fingerprint density at radius 2 is 1.74 bits per heavy atom. The Balaban J connectivity index is 1.43. The molecule has 0 aromatic rings. The lowest BCUT2D eigenvalue weighted by molar-refractivity contribution is -0.195. The second kappa shape index (κ2) is 9.66. The van der Waals surface area contributed by atoms with Crippen LogP contribution in [0.25, 0.3) is 0 Å². The lowest BCUT2D eigenvalue weighted by Gasteiger charge is -2.58. The number of aliphatic hydroxyl groups is 1. The van der Waals surface area contributed by atoms with E-state index in [1.165, 1.54) is 6.08 Å². The third-order valence-corrected chi connectivity index (χ3v) is 12.0. The van der Waals surface area contributed by atoms with E-state index in [2.05, 4.69) is 20.8 Å². The average molecular weight is 543 g/mol. The molecule has 0 bridgehead atoms. The predicted octanol–water partition coefficient (Wildman–Crippen LogP) is 6.86. The molecule has 7 heteroatoms. The summed E-state index contributed by atoms with van der Waals surface area (Å²) in [7, 11) is 0. The first-order valence-electron chi connectivity index (χ1n) is 15.0. The van der Waals surface area contributed by atoms with Crippen molar-refractivity contribution in [2.45, 2.75) is 105 Å². The maximum atomic E-state index is 13.4. The van der Waals surface area contributed by atoms with Gasteiger partial charge in [-0.05, 0) is 93.5 Å². The SMILES string of the molecule is CC(C)[C@H]1CC[C@H](C)C[C@@H]1OC(=O)OC1(C(=O)O)C(C)C[C@H]2[C@@H]3CCC4=CC(=O)C=C(O)[C@]4(C)[C@H]3CC[C@@]21C. The van der Waals surface area contributed by atoms with Crippen LogP contribution in [-0.4, -0.2) is 39.8 Å². The quantitative estimate of drug-likeness (QED) is 0.373. The second-order valence-electron chi connectivity index (χ2n) is 14.2. The minimum absolute atomic E-state index is 0.0112. The van der Waals surface area contributed by atoms with Gasteiger partial charge in [0, 0.05) is 22.8 Å². The first-order valence-corrected chi connectivity index (χ1v) is 15.0. The van der Waals surface area contributed by atoms with Crippen LogP contribution >= 0.6 is 0 Å². The number of hydrogen-bond donors (Lipinski definition) is 2. The minimum atomic E-state index is -1.68. The molecule has 0 radical (unpaired) electrons. The highest BCUT2D eigenvalue weighted by atomic mass is 16.7. The number of hydrogen-bond acceptors (Lipinski definition) is 6. The number of carboxylic acid groups (broad SMARTS) is 1. The van der Waals surface area contributed by atoms with Gasteiger partial charge in [-0.3, -0.25) is 4.79 Å². The zero-order chi connectivity index (χ0) is 28.5. The molecule has 5 aliphatic rings. The number of ketones is 1. The van der Waals surface area contributed by atoms with E-state index < -0.39 is 28.6 Å². The second-order valence-corrected chi connectivity index (χ2v) is 14.2. The third-order valence-electron chi connectivity index (χ3n) is 12.0. The number of fused-ring (bicyclic) bond motifs is 5. The molecule has 2 unspecified atom stereocenters. The van der Waals surface area contributed by atoms with Gasteiger partial charge in [0.15, 0.2) is 5.78 Å². The van der Waals surface area contributed by atoms with Crippen LogP contribution in [0.2, 0.25) is 0 Å². The van der Waals surface area contributed by atoms with Crippen molar-refractivity contribution >= 4 is 17.9 Å². The number of aliphatic carboxylic acids is 1. The Hall–Kier alpha value is -2.31. The fourth-order valence-corrected chi connectivity index (χ4v) is 9.87. The van der Waals surface area contributed by atoms with Crippen LogP contribution < -0.4 is 0 Å². The highest BCUT2D eigenvalue weighted by Crippen LogP contribution is 2.69. The Morgan fingerprint density at radius 3 is 2.41 bits per heavy atom. The molecule has 0 aromatic heterocycles. The van der Waals surface area contributed by atoms with Gasteiger partial charge >= 0.3 is 12.1 Å². The van der Waals surface area contributed by atoms with E-state index in [9.17, 15) is 24.6 Å². The van der Waals surface area contributed by atoms with Gasteiger partial charge in [0.25, 0.3) is 0 Å². The molecule has 0 amide bonds. The number of carboxylic acids is 1. The number of carbonyl (C=O) groups excluding carboxylic acids is 2. The van der Waals surface area contributed by atoms with E-state index in [0.29, 0.717) is 37.5 Å². The van der Waals surface area contributed by atoms with Gasteiger partial charge in [0.05, 0.1) is 0 Å². The molecule has 7 nitrogen and oxygen atoms in total. The van der Waals surface area contributed by atoms with Crippen molar-refractivity contribution in [1.29, 1.82) is 0 Å². The largest absolute Gasteiger partial charge is 0.511 e. The summed E-state index contributed by atoms with van der Waals surface area (Å²) in [6.07, 6.45) is 8.16. The number of aliphatic hydroxyl groups excluding tert-OH is 1. The van der Waals surface area contributed by atoms with E-state index in [0.717, 1.165) is 31.3 Å². The Kier molecular flexibility index (Phi) is 6.99. The fourth-order valence-electron chi connectivity index (χ4n) is 9.87. The van der Waals surface area contributed by atoms with Crippen molar-refractivity contribution in [3.05, 3.63) is 23.5 Å². The molecule has 0 aliphatic heterocycles. The summed E-state index contributed by atoms with van der Waals surface area (Å²) in [5.74, 6) is -0.218. The number of rotatable bonds is 4. The maximum Gasteiger partial charge on any atom is 0.509 e. The van der Waals surface area contributed by atoms with Crippen LogP contribution in [0.5, 0.6) is 0 Å². The molecule has 4 saturated carbocycles. The standard InChI is InChI=1S/C32H46O7/c1-17(2)22-9-7-18(3)13-26(22)38-29(37)39-32(28(35)36)19(4)14-25-23-10-8-20-15-21(33)16-27(34)31(20,6)24(23)11-12-30(25,32)5/h15-19,22-26,34H,7-14H2,1-6H3,(H,35,36)/t18-,19?,22+,23+,24-,25-,26-,30-,31-,32?/m0/s1. The van der Waals surface area contributed by atoms with Crippen molar-refractivity contribution in [2.75, 3.05) is 0 Å². The van der Waals surface area contributed by atoms with Gasteiger partial charge in [-0.2, -0.15) is 0 Å². The van der Waals surface area contributed by atoms with E-state index in [4.69, 9.17) is 9.47 Å². The third kappa shape index (κ3) is 4.08. The monoisotopic (exact) mass is 542 g/mol. The van der Waals surface area contributed by atoms with Crippen LogP contribution in [0.4, 0.5) is 4.79 Å². The summed E-state index contributed by atoms with van der Waals surface area (Å²) in [5, 5.41) is 21.7. The van der Waals surface area contributed by atoms with Crippen molar-refractivity contribution in [3.63, 3.8) is 0 Å². The van der Waals surface area contributed by atoms with Crippen molar-refractivity contribution < 1.29 is 34.1 Å². The van der Waals surface area contributed by atoms with E-state index in [-0.39, 0.29) is 47.2 Å². The molecule has 0 spiro atoms. The molecule has 0 saturated heterocycles. The molecule has 2 N–H and O–H groups in total. The Labute approximate surface area is 232 Å². The maximum absolute atomic E-state index is 13.4. The molecule has 39 heavy (non-hydrogen) atoms. The summed E-state index contributed by atoms with van der Waals surface area (Å²) >= 11 is 0. The molecule has 0 aromatic carbocycles. The summed E-state index contributed by atoms with van der Waals surface area (Å²) in [5.41, 5.74) is -2.07. The predicted molar refractivity (Wildman–Crippen MR) is 146 cm³/mol. The van der Waals surface area contributed by atoms with Crippen molar-refractivity contribution in [3.8, 4) is 0 Å². The van der Waals surface area contributed by atoms with Crippen LogP contribution in [0.3, 0.4) is 0 Å². The van der Waals surface area contributed by atoms with Crippen LogP contribution in [0, 0.1) is 52.3 Å². The highest BCUT2D eigenvalue weighted by Gasteiger charge is 2.72. The highest BCUT2D eigenvalue weighted by molar-refractivity contribution is 6.01. The van der Waals surface area contributed by atoms with E-state index in [1.807, 2.05) is 20.8 Å². The average Bonchev–Trinajstić information content (AvgIpc) is 3.07. The Bertz CT molecular complexity index is 1110. The fraction of sp³-hybridized carbons (Fsp3) is 0.781. The zero-order valence-electron chi connectivity index (χ0n) is 24.4. The molecule has 0 heterocycles. The zero-order valence-corrected chi connectivity index (χ0v) is 24.4. The molecule has 5 rings (SSSR count). The minimum Gasteiger partial charge on any atom is -0.511 e. The van der Waals surface area contributed by atoms with E-state index >= 15 is 0 Å². The van der Waals surface area contributed by atoms with Crippen LogP contribution in [0.1, 0.15) is 92.9 Å². The lowest BCUT2D eigenvalue weighted by atomic mass is 9.47. The van der Waals surface area contributed by atoms with Crippen LogP contribution in [-0.2, 0) is 19.1 Å². The number of ether oxygens (including phenoxy) is 2. The van der Waals surface area contributed by atoms with Crippen molar-refractivity contribution in [2.24, 2.45) is 52.3 Å². The summed E-state index contributed by atoms with van der Waals surface area (Å²) < 4.78 is 12.0. The van der Waals surface area contributed by atoms with Crippen LogP contribution in [0.15, 0.2) is 23.5 Å². The molecule has 10 atom stereocenters. The normalized spacial score (nSPS) is 45.4. The topological polar surface area (TPSA) is 110 Å². The molecule has 5 aliphatic carbocycles. The van der Waals surface area contributed by atoms with Gasteiger partial charge < -0.3 is 19.7 Å². The summed E-state index contributed by atoms with van der Waals surface area (Å²) in [6.45, 7) is 12.4. The summed E-state index contributed by atoms with van der Waals surface area (Å²) in [6, 6.07) is 0. The molecular weight excluding hydrogens is 496 g/mol. The molecule has 4 fully saturated rings. The molecular formula is C32H46O7. The van der Waals surface area contributed by atoms with Crippen molar-refractivity contribution in [1.82, 2.24) is 0 Å². The first-order chi connectivity index (χ1) is 18.3.